The van der Waals surface area contributed by atoms with E-state index < -0.39 is 6.10 Å². The summed E-state index contributed by atoms with van der Waals surface area (Å²) in [6, 6.07) is 17.5. The van der Waals surface area contributed by atoms with Gasteiger partial charge in [-0.05, 0) is 35.9 Å². The summed E-state index contributed by atoms with van der Waals surface area (Å²) in [5.41, 5.74) is 1.74. The van der Waals surface area contributed by atoms with Crippen molar-refractivity contribution in [1.82, 2.24) is 0 Å². The van der Waals surface area contributed by atoms with Crippen LogP contribution in [0.5, 0.6) is 5.75 Å². The number of nitrogens with zero attached hydrogens (tertiary/aromatic N) is 2. The molecule has 98 valence electrons. The molecule has 4 heteroatoms. The van der Waals surface area contributed by atoms with Gasteiger partial charge < -0.3 is 9.84 Å². The first-order valence-electron chi connectivity index (χ1n) is 6.04. The maximum Gasteiger partial charge on any atom is 0.120 e. The van der Waals surface area contributed by atoms with Crippen molar-refractivity contribution in [3.05, 3.63) is 65.2 Å². The van der Waals surface area contributed by atoms with Gasteiger partial charge in [0.25, 0.3) is 0 Å². The molecule has 2 aromatic carbocycles. The molecule has 0 amide bonds. The second-order valence-electron chi connectivity index (χ2n) is 4.20. The Morgan fingerprint density at radius 3 is 2.35 bits per heavy atom. The monoisotopic (exact) mass is 264 g/mol. The van der Waals surface area contributed by atoms with E-state index in [1.165, 1.54) is 0 Å². The summed E-state index contributed by atoms with van der Waals surface area (Å²) in [6.07, 6.45) is -0.784. The van der Waals surface area contributed by atoms with Gasteiger partial charge in [0.1, 0.15) is 18.5 Å². The third-order valence-corrected chi connectivity index (χ3v) is 2.80. The summed E-state index contributed by atoms with van der Waals surface area (Å²) in [5, 5.41) is 27.5. The first kappa shape index (κ1) is 13.6. The summed E-state index contributed by atoms with van der Waals surface area (Å²) in [4.78, 5) is 0. The Morgan fingerprint density at radius 1 is 1.00 bits per heavy atom. The highest BCUT2D eigenvalue weighted by Crippen LogP contribution is 2.17. The zero-order valence-electron chi connectivity index (χ0n) is 10.7. The first-order valence-corrected chi connectivity index (χ1v) is 6.04. The number of rotatable bonds is 4. The van der Waals surface area contributed by atoms with Crippen molar-refractivity contribution in [2.75, 3.05) is 6.61 Å². The summed E-state index contributed by atoms with van der Waals surface area (Å²) < 4.78 is 5.46. The lowest BCUT2D eigenvalue weighted by molar-refractivity contribution is 0.108. The maximum absolute atomic E-state index is 10.00. The van der Waals surface area contributed by atoms with Gasteiger partial charge in [0.2, 0.25) is 0 Å². The van der Waals surface area contributed by atoms with E-state index in [0.717, 1.165) is 0 Å². The highest BCUT2D eigenvalue weighted by molar-refractivity contribution is 5.36. The molecule has 2 rings (SSSR count). The molecule has 0 saturated carbocycles. The quantitative estimate of drug-likeness (QED) is 0.920. The zero-order valence-corrected chi connectivity index (χ0v) is 10.7. The summed E-state index contributed by atoms with van der Waals surface area (Å²) >= 11 is 0. The lowest BCUT2D eigenvalue weighted by Gasteiger charge is -2.12. The van der Waals surface area contributed by atoms with Gasteiger partial charge >= 0.3 is 0 Å². The third-order valence-electron chi connectivity index (χ3n) is 2.80. The molecule has 0 aliphatic carbocycles. The molecule has 1 atom stereocenters. The molecule has 0 spiro atoms. The molecule has 0 bridgehead atoms. The van der Waals surface area contributed by atoms with Gasteiger partial charge in [-0.25, -0.2) is 0 Å². The smallest absolute Gasteiger partial charge is 0.120 e. The van der Waals surface area contributed by atoms with Gasteiger partial charge in [-0.1, -0.05) is 18.2 Å². The van der Waals surface area contributed by atoms with Gasteiger partial charge in [0, 0.05) is 0 Å². The minimum Gasteiger partial charge on any atom is -0.490 e. The van der Waals surface area contributed by atoms with E-state index in [2.05, 4.69) is 0 Å². The largest absolute Gasteiger partial charge is 0.490 e. The van der Waals surface area contributed by atoms with Crippen LogP contribution in [-0.2, 0) is 0 Å². The molecule has 1 N–H and O–H groups in total. The van der Waals surface area contributed by atoms with E-state index in [4.69, 9.17) is 15.3 Å². The van der Waals surface area contributed by atoms with Crippen molar-refractivity contribution < 1.29 is 9.84 Å². The Bertz CT molecular complexity index is 666. The molecule has 4 nitrogen and oxygen atoms in total. The Balaban J connectivity index is 1.99. The third kappa shape index (κ3) is 3.35. The summed E-state index contributed by atoms with van der Waals surface area (Å²) in [7, 11) is 0. The van der Waals surface area contributed by atoms with E-state index in [1.807, 2.05) is 12.1 Å². The van der Waals surface area contributed by atoms with Crippen LogP contribution in [0, 0.1) is 22.7 Å². The van der Waals surface area contributed by atoms with Crippen LogP contribution in [0.15, 0.2) is 48.5 Å². The van der Waals surface area contributed by atoms with E-state index >= 15 is 0 Å². The molecule has 1 unspecified atom stereocenters. The number of benzene rings is 2. The van der Waals surface area contributed by atoms with Crippen molar-refractivity contribution in [3.8, 4) is 17.9 Å². The molecule has 0 aromatic heterocycles. The fourth-order valence-corrected chi connectivity index (χ4v) is 1.71. The molecule has 0 aliphatic rings. The predicted molar refractivity (Wildman–Crippen MR) is 72.8 cm³/mol. The average molecular weight is 264 g/mol. The van der Waals surface area contributed by atoms with Crippen LogP contribution in [0.3, 0.4) is 0 Å². The molecular weight excluding hydrogens is 252 g/mol. The van der Waals surface area contributed by atoms with Crippen molar-refractivity contribution in [2.24, 2.45) is 0 Å². The Kier molecular flexibility index (Phi) is 4.34. The first-order chi connectivity index (χ1) is 9.72. The highest BCUT2D eigenvalue weighted by Gasteiger charge is 2.08. The van der Waals surface area contributed by atoms with Crippen LogP contribution in [0.1, 0.15) is 22.8 Å². The van der Waals surface area contributed by atoms with Gasteiger partial charge in [-0.15, -0.1) is 0 Å². The highest BCUT2D eigenvalue weighted by atomic mass is 16.5. The summed E-state index contributed by atoms with van der Waals surface area (Å²) in [5.74, 6) is 0.539. The van der Waals surface area contributed by atoms with Crippen molar-refractivity contribution in [3.63, 3.8) is 0 Å². The molecule has 0 fully saturated rings. The average Bonchev–Trinajstić information content (AvgIpc) is 2.53. The van der Waals surface area contributed by atoms with Crippen LogP contribution in [0.25, 0.3) is 0 Å². The second-order valence-corrected chi connectivity index (χ2v) is 4.20. The topological polar surface area (TPSA) is 77.0 Å². The molecule has 2 aromatic rings. The van der Waals surface area contributed by atoms with E-state index in [0.29, 0.717) is 22.4 Å². The van der Waals surface area contributed by atoms with Crippen LogP contribution < -0.4 is 4.74 Å². The fourth-order valence-electron chi connectivity index (χ4n) is 1.71. The molecule has 0 saturated heterocycles. The van der Waals surface area contributed by atoms with Gasteiger partial charge in [-0.2, -0.15) is 10.5 Å². The number of nitriles is 2. The van der Waals surface area contributed by atoms with Crippen LogP contribution in [-0.4, -0.2) is 11.7 Å². The molecule has 0 aliphatic heterocycles. The standard InChI is InChI=1S/C16H12N2O2/c17-9-12-4-6-14(7-5-12)16(19)11-20-15-3-1-2-13(8-15)10-18/h1-8,16,19H,11H2. The number of aliphatic hydroxyl groups excluding tert-OH is 1. The molecule has 0 heterocycles. The number of hydrogen-bond acceptors (Lipinski definition) is 4. The molecule has 0 radical (unpaired) electrons. The minimum atomic E-state index is -0.784. The van der Waals surface area contributed by atoms with E-state index in [-0.39, 0.29) is 6.61 Å². The van der Waals surface area contributed by atoms with Crippen LogP contribution in [0.2, 0.25) is 0 Å². The SMILES string of the molecule is N#Cc1ccc(C(O)COc2cccc(C#N)c2)cc1. The normalized spacial score (nSPS) is 11.2. The Hall–Kier alpha value is -2.82. The predicted octanol–water partition coefficient (Wildman–Crippen LogP) is 2.54. The zero-order chi connectivity index (χ0) is 14.4. The lowest BCUT2D eigenvalue weighted by atomic mass is 10.1. The molecule has 20 heavy (non-hydrogen) atoms. The van der Waals surface area contributed by atoms with Crippen molar-refractivity contribution in [1.29, 1.82) is 10.5 Å². The summed E-state index contributed by atoms with van der Waals surface area (Å²) in [6.45, 7) is 0.0841. The lowest BCUT2D eigenvalue weighted by Crippen LogP contribution is -2.09. The van der Waals surface area contributed by atoms with Crippen LogP contribution >= 0.6 is 0 Å². The van der Waals surface area contributed by atoms with E-state index in [1.54, 1.807) is 48.5 Å². The minimum absolute atomic E-state index is 0.0841. The van der Waals surface area contributed by atoms with Crippen molar-refractivity contribution >= 4 is 0 Å². The second kappa shape index (κ2) is 6.38. The molecular formula is C16H12N2O2. The van der Waals surface area contributed by atoms with Crippen LogP contribution in [0.4, 0.5) is 0 Å². The van der Waals surface area contributed by atoms with Gasteiger partial charge in [-0.3, -0.25) is 0 Å². The maximum atomic E-state index is 10.00. The van der Waals surface area contributed by atoms with Gasteiger partial charge in [0.15, 0.2) is 0 Å². The van der Waals surface area contributed by atoms with Gasteiger partial charge in [0.05, 0.1) is 23.3 Å². The Labute approximate surface area is 117 Å². The Morgan fingerprint density at radius 2 is 1.70 bits per heavy atom. The number of ether oxygens (including phenoxy) is 1. The number of aliphatic hydroxyl groups is 1. The fraction of sp³-hybridized carbons (Fsp3) is 0.125. The van der Waals surface area contributed by atoms with E-state index in [9.17, 15) is 5.11 Å². The van der Waals surface area contributed by atoms with Crippen molar-refractivity contribution in [2.45, 2.75) is 6.10 Å². The number of hydrogen-bond donors (Lipinski definition) is 1.